The summed E-state index contributed by atoms with van der Waals surface area (Å²) in [5.74, 6) is 0.497. The van der Waals surface area contributed by atoms with Gasteiger partial charge in [0.2, 0.25) is 0 Å². The number of benzene rings is 1. The van der Waals surface area contributed by atoms with Crippen molar-refractivity contribution in [3.05, 3.63) is 22.7 Å². The highest BCUT2D eigenvalue weighted by molar-refractivity contribution is 6.31. The minimum atomic E-state index is -0.316. The zero-order chi connectivity index (χ0) is 13.7. The third-order valence-corrected chi connectivity index (χ3v) is 2.91. The minimum Gasteiger partial charge on any atom is -0.495 e. The normalized spacial score (nSPS) is 10.1. The van der Waals surface area contributed by atoms with E-state index in [4.69, 9.17) is 21.4 Å². The summed E-state index contributed by atoms with van der Waals surface area (Å²) in [7, 11) is 3.11. The van der Waals surface area contributed by atoms with E-state index < -0.39 is 0 Å². The Bertz CT molecular complexity index is 438. The Kier molecular flexibility index (Phi) is 5.25. The molecule has 0 fully saturated rings. The molecule has 1 aromatic rings. The molecule has 0 atom stereocenters. The molecule has 0 aliphatic carbocycles. The molecule has 0 radical (unpaired) electrons. The summed E-state index contributed by atoms with van der Waals surface area (Å²) in [6.45, 7) is 2.02. The Hall–Kier alpha value is -1.46. The van der Waals surface area contributed by atoms with Crippen LogP contribution in [0.1, 0.15) is 5.56 Å². The molecule has 0 aliphatic heterocycles. The quantitative estimate of drug-likeness (QED) is 0.882. The summed E-state index contributed by atoms with van der Waals surface area (Å²) in [4.78, 5) is 13.2. The summed E-state index contributed by atoms with van der Waals surface area (Å²) in [5.41, 5.74) is 1.40. The zero-order valence-corrected chi connectivity index (χ0v) is 11.4. The van der Waals surface area contributed by atoms with E-state index in [1.165, 1.54) is 12.0 Å². The number of anilines is 1. The standard InChI is InChI=1S/C12H17ClN2O3/c1-8-6-10(11(18-3)7-9(8)13)14-12(17)15(2)4-5-16/h6-7,16H,4-5H2,1-3H3,(H,14,17). The van der Waals surface area contributed by atoms with Crippen LogP contribution in [-0.4, -0.2) is 43.3 Å². The Balaban J connectivity index is 2.90. The van der Waals surface area contributed by atoms with Gasteiger partial charge in [0.25, 0.3) is 0 Å². The second-order valence-corrected chi connectivity index (χ2v) is 4.28. The number of hydrogen-bond donors (Lipinski definition) is 2. The molecule has 0 saturated carbocycles. The van der Waals surface area contributed by atoms with Gasteiger partial charge in [0.05, 0.1) is 19.4 Å². The van der Waals surface area contributed by atoms with E-state index in [1.54, 1.807) is 19.2 Å². The van der Waals surface area contributed by atoms with Gasteiger partial charge >= 0.3 is 6.03 Å². The summed E-state index contributed by atoms with van der Waals surface area (Å²) in [6, 6.07) is 3.08. The second kappa shape index (κ2) is 6.47. The number of methoxy groups -OCH3 is 1. The molecule has 100 valence electrons. The predicted octanol–water partition coefficient (Wildman–Crippen LogP) is 2.11. The van der Waals surface area contributed by atoms with E-state index in [2.05, 4.69) is 5.32 Å². The number of aliphatic hydroxyl groups excluding tert-OH is 1. The number of likely N-dealkylation sites (N-methyl/N-ethyl adjacent to an activating group) is 1. The van der Waals surface area contributed by atoms with Crippen molar-refractivity contribution < 1.29 is 14.6 Å². The van der Waals surface area contributed by atoms with E-state index in [0.717, 1.165) is 5.56 Å². The summed E-state index contributed by atoms with van der Waals surface area (Å²) in [5, 5.41) is 12.1. The van der Waals surface area contributed by atoms with Crippen LogP contribution in [0.5, 0.6) is 5.75 Å². The molecule has 5 nitrogen and oxygen atoms in total. The average Bonchev–Trinajstić information content (AvgIpc) is 2.33. The molecule has 0 spiro atoms. The molecule has 1 aromatic carbocycles. The number of carbonyl (C=O) groups excluding carboxylic acids is 1. The van der Waals surface area contributed by atoms with Crippen molar-refractivity contribution in [2.75, 3.05) is 32.6 Å². The molecule has 2 amide bonds. The van der Waals surface area contributed by atoms with Crippen molar-refractivity contribution in [3.63, 3.8) is 0 Å². The smallest absolute Gasteiger partial charge is 0.321 e. The number of nitrogens with one attached hydrogen (secondary N) is 1. The molecule has 0 unspecified atom stereocenters. The topological polar surface area (TPSA) is 61.8 Å². The molecular formula is C12H17ClN2O3. The first kappa shape index (κ1) is 14.6. The molecule has 0 aliphatic rings. The van der Waals surface area contributed by atoms with Crippen LogP contribution in [-0.2, 0) is 0 Å². The average molecular weight is 273 g/mol. The molecule has 0 saturated heterocycles. The fourth-order valence-electron chi connectivity index (χ4n) is 1.39. The molecule has 0 aromatic heterocycles. The van der Waals surface area contributed by atoms with Crippen molar-refractivity contribution in [1.82, 2.24) is 4.90 Å². The second-order valence-electron chi connectivity index (χ2n) is 3.88. The summed E-state index contributed by atoms with van der Waals surface area (Å²) >= 11 is 5.98. The van der Waals surface area contributed by atoms with Crippen LogP contribution in [0.15, 0.2) is 12.1 Å². The van der Waals surface area contributed by atoms with Crippen molar-refractivity contribution in [2.24, 2.45) is 0 Å². The monoisotopic (exact) mass is 272 g/mol. The van der Waals surface area contributed by atoms with Crippen LogP contribution in [0.3, 0.4) is 0 Å². The summed E-state index contributed by atoms with van der Waals surface area (Å²) < 4.78 is 5.15. The van der Waals surface area contributed by atoms with Crippen LogP contribution < -0.4 is 10.1 Å². The Morgan fingerprint density at radius 3 is 2.78 bits per heavy atom. The molecular weight excluding hydrogens is 256 g/mol. The molecule has 2 N–H and O–H groups in total. The zero-order valence-electron chi connectivity index (χ0n) is 10.7. The minimum absolute atomic E-state index is 0.0826. The van der Waals surface area contributed by atoms with Crippen LogP contribution in [0.4, 0.5) is 10.5 Å². The maximum Gasteiger partial charge on any atom is 0.321 e. The maximum atomic E-state index is 11.8. The number of nitrogens with zero attached hydrogens (tertiary/aromatic N) is 1. The van der Waals surface area contributed by atoms with Gasteiger partial charge in [-0.05, 0) is 18.6 Å². The third kappa shape index (κ3) is 3.51. The van der Waals surface area contributed by atoms with E-state index in [9.17, 15) is 4.79 Å². The first-order valence-corrected chi connectivity index (χ1v) is 5.84. The number of rotatable bonds is 4. The number of aliphatic hydroxyl groups is 1. The van der Waals surface area contributed by atoms with Gasteiger partial charge in [-0.3, -0.25) is 0 Å². The Morgan fingerprint density at radius 1 is 1.56 bits per heavy atom. The first-order chi connectivity index (χ1) is 8.49. The number of halogens is 1. The van der Waals surface area contributed by atoms with Crippen molar-refractivity contribution >= 4 is 23.3 Å². The first-order valence-electron chi connectivity index (χ1n) is 5.46. The lowest BCUT2D eigenvalue weighted by Crippen LogP contribution is -2.33. The highest BCUT2D eigenvalue weighted by atomic mass is 35.5. The predicted molar refractivity (Wildman–Crippen MR) is 71.5 cm³/mol. The van der Waals surface area contributed by atoms with E-state index in [-0.39, 0.29) is 19.2 Å². The Morgan fingerprint density at radius 2 is 2.22 bits per heavy atom. The number of hydrogen-bond acceptors (Lipinski definition) is 3. The van der Waals surface area contributed by atoms with Crippen molar-refractivity contribution in [2.45, 2.75) is 6.92 Å². The Labute approximate surface area is 111 Å². The van der Waals surface area contributed by atoms with Crippen molar-refractivity contribution in [3.8, 4) is 5.75 Å². The number of urea groups is 1. The van der Waals surface area contributed by atoms with Crippen LogP contribution in [0.2, 0.25) is 5.02 Å². The lowest BCUT2D eigenvalue weighted by atomic mass is 10.2. The fraction of sp³-hybridized carbons (Fsp3) is 0.417. The highest BCUT2D eigenvalue weighted by Crippen LogP contribution is 2.30. The van der Waals surface area contributed by atoms with E-state index >= 15 is 0 Å². The van der Waals surface area contributed by atoms with Gasteiger partial charge < -0.3 is 20.1 Å². The largest absolute Gasteiger partial charge is 0.495 e. The van der Waals surface area contributed by atoms with Gasteiger partial charge in [-0.25, -0.2) is 4.79 Å². The van der Waals surface area contributed by atoms with Gasteiger partial charge in [-0.15, -0.1) is 0 Å². The van der Waals surface area contributed by atoms with Gasteiger partial charge in [0.1, 0.15) is 5.75 Å². The molecule has 0 bridgehead atoms. The fourth-order valence-corrected chi connectivity index (χ4v) is 1.55. The van der Waals surface area contributed by atoms with E-state index in [1.807, 2.05) is 6.92 Å². The number of carbonyl (C=O) groups is 1. The third-order valence-electron chi connectivity index (χ3n) is 2.50. The number of aryl methyl sites for hydroxylation is 1. The molecule has 6 heteroatoms. The lowest BCUT2D eigenvalue weighted by molar-refractivity contribution is 0.202. The number of ether oxygens (including phenoxy) is 1. The molecule has 0 heterocycles. The van der Waals surface area contributed by atoms with Gasteiger partial charge in [-0.2, -0.15) is 0 Å². The van der Waals surface area contributed by atoms with E-state index in [0.29, 0.717) is 16.5 Å². The summed E-state index contributed by atoms with van der Waals surface area (Å²) in [6.07, 6.45) is 0. The molecule has 18 heavy (non-hydrogen) atoms. The van der Waals surface area contributed by atoms with Crippen LogP contribution in [0, 0.1) is 6.92 Å². The lowest BCUT2D eigenvalue weighted by Gasteiger charge is -2.18. The van der Waals surface area contributed by atoms with Crippen LogP contribution in [0.25, 0.3) is 0 Å². The maximum absolute atomic E-state index is 11.8. The SMILES string of the molecule is COc1cc(Cl)c(C)cc1NC(=O)N(C)CCO. The number of amides is 2. The van der Waals surface area contributed by atoms with Gasteiger partial charge in [-0.1, -0.05) is 11.6 Å². The van der Waals surface area contributed by atoms with Gasteiger partial charge in [0.15, 0.2) is 0 Å². The van der Waals surface area contributed by atoms with Gasteiger partial charge in [0, 0.05) is 24.7 Å². The van der Waals surface area contributed by atoms with Crippen LogP contribution >= 0.6 is 11.6 Å². The van der Waals surface area contributed by atoms with Crippen molar-refractivity contribution in [1.29, 1.82) is 0 Å². The highest BCUT2D eigenvalue weighted by Gasteiger charge is 2.12. The molecule has 1 rings (SSSR count).